The van der Waals surface area contributed by atoms with Crippen LogP contribution in [0.5, 0.6) is 0 Å². The fourth-order valence-electron chi connectivity index (χ4n) is 3.65. The molecule has 1 aromatic carbocycles. The molecule has 0 aliphatic carbocycles. The second-order valence-corrected chi connectivity index (χ2v) is 7.44. The van der Waals surface area contributed by atoms with Crippen LogP contribution in [-0.2, 0) is 4.79 Å². The van der Waals surface area contributed by atoms with E-state index in [4.69, 9.17) is 5.73 Å². The van der Waals surface area contributed by atoms with Crippen molar-refractivity contribution in [2.45, 2.75) is 51.5 Å². The molecule has 1 amide bonds. The number of likely N-dealkylation sites (tertiary alicyclic amines) is 1. The molecule has 2 aliphatic heterocycles. The quantitative estimate of drug-likeness (QED) is 0.742. The third-order valence-corrected chi connectivity index (χ3v) is 4.86. The average molecular weight is 328 g/mol. The first-order chi connectivity index (χ1) is 11.4. The van der Waals surface area contributed by atoms with Crippen LogP contribution in [-0.4, -0.2) is 35.2 Å². The maximum atomic E-state index is 12.9. The van der Waals surface area contributed by atoms with Crippen molar-refractivity contribution in [2.24, 2.45) is 11.7 Å². The number of carbonyl (C=O) groups is 1. The van der Waals surface area contributed by atoms with Crippen molar-refractivity contribution in [1.82, 2.24) is 10.2 Å². The van der Waals surface area contributed by atoms with Crippen molar-refractivity contribution < 1.29 is 4.79 Å². The highest BCUT2D eigenvalue weighted by Gasteiger charge is 2.38. The van der Waals surface area contributed by atoms with Gasteiger partial charge in [0.15, 0.2) is 5.79 Å². The summed E-state index contributed by atoms with van der Waals surface area (Å²) in [5, 5.41) is 6.24. The van der Waals surface area contributed by atoms with Crippen LogP contribution in [0.4, 0.5) is 5.69 Å². The molecule has 130 valence electrons. The lowest BCUT2D eigenvalue weighted by atomic mass is 10.1. The Labute approximate surface area is 144 Å². The van der Waals surface area contributed by atoms with Gasteiger partial charge in [-0.15, -0.1) is 0 Å². The van der Waals surface area contributed by atoms with Crippen molar-refractivity contribution in [2.75, 3.05) is 11.9 Å². The highest BCUT2D eigenvalue weighted by atomic mass is 16.2. The summed E-state index contributed by atoms with van der Waals surface area (Å²) in [4.78, 5) is 15.2. The van der Waals surface area contributed by atoms with E-state index in [1.54, 1.807) is 0 Å². The van der Waals surface area contributed by atoms with Crippen LogP contribution in [0.15, 0.2) is 30.3 Å². The number of amides is 1. The number of hydrogen-bond acceptors (Lipinski definition) is 4. The number of hydrogen-bond donors (Lipinski definition) is 3. The molecule has 0 bridgehead atoms. The smallest absolute Gasteiger partial charge is 0.240 e. The minimum atomic E-state index is -1.04. The first-order valence-corrected chi connectivity index (χ1v) is 8.81. The monoisotopic (exact) mass is 328 g/mol. The Hall–Kier alpha value is -1.85. The van der Waals surface area contributed by atoms with Gasteiger partial charge in [0.1, 0.15) is 0 Å². The summed E-state index contributed by atoms with van der Waals surface area (Å²) in [6, 6.07) is 8.26. The number of fused-ring (bicyclic) bond motifs is 1. The van der Waals surface area contributed by atoms with E-state index < -0.39 is 5.79 Å². The van der Waals surface area contributed by atoms with Gasteiger partial charge in [-0.05, 0) is 43.4 Å². The van der Waals surface area contributed by atoms with Crippen LogP contribution in [0.25, 0.3) is 6.08 Å². The predicted octanol–water partition coefficient (Wildman–Crippen LogP) is 2.36. The summed E-state index contributed by atoms with van der Waals surface area (Å²) in [6.45, 7) is 7.51. The molecule has 3 unspecified atom stereocenters. The van der Waals surface area contributed by atoms with Gasteiger partial charge in [-0.25, -0.2) is 0 Å². The number of nitrogens with two attached hydrogens (primary N) is 1. The van der Waals surface area contributed by atoms with Crippen molar-refractivity contribution in [1.29, 1.82) is 0 Å². The summed E-state index contributed by atoms with van der Waals surface area (Å²) in [6.07, 6.45) is 5.71. The SMILES string of the molecule is CC(C)CN1C(C)CCC1C(=O)NC1(N)C=Cc2ccccc2N1. The highest BCUT2D eigenvalue weighted by Crippen LogP contribution is 2.27. The normalized spacial score (nSPS) is 29.4. The van der Waals surface area contributed by atoms with Gasteiger partial charge in [-0.1, -0.05) is 38.1 Å². The second-order valence-electron chi connectivity index (χ2n) is 7.44. The summed E-state index contributed by atoms with van der Waals surface area (Å²) in [7, 11) is 0. The van der Waals surface area contributed by atoms with Crippen LogP contribution in [0, 0.1) is 5.92 Å². The molecule has 4 N–H and O–H groups in total. The molecule has 0 saturated carbocycles. The van der Waals surface area contributed by atoms with Crippen molar-refractivity contribution >= 4 is 17.7 Å². The molecule has 3 atom stereocenters. The molecule has 1 saturated heterocycles. The molecule has 1 aromatic rings. The number of carbonyl (C=O) groups excluding carboxylic acids is 1. The molecule has 24 heavy (non-hydrogen) atoms. The van der Waals surface area contributed by atoms with Crippen LogP contribution >= 0.6 is 0 Å². The number of anilines is 1. The van der Waals surface area contributed by atoms with E-state index in [1.165, 1.54) is 0 Å². The molecule has 1 fully saturated rings. The number of nitrogens with one attached hydrogen (secondary N) is 2. The summed E-state index contributed by atoms with van der Waals surface area (Å²) in [5.41, 5.74) is 8.38. The first kappa shape index (κ1) is 17.0. The van der Waals surface area contributed by atoms with E-state index in [-0.39, 0.29) is 11.9 Å². The fraction of sp³-hybridized carbons (Fsp3) is 0.526. The van der Waals surface area contributed by atoms with Gasteiger partial charge in [-0.2, -0.15) is 0 Å². The second kappa shape index (κ2) is 6.57. The van der Waals surface area contributed by atoms with Gasteiger partial charge in [0.2, 0.25) is 5.91 Å². The number of nitrogens with zero attached hydrogens (tertiary/aromatic N) is 1. The van der Waals surface area contributed by atoms with Crippen LogP contribution in [0.3, 0.4) is 0 Å². The largest absolute Gasteiger partial charge is 0.347 e. The molecule has 0 spiro atoms. The summed E-state index contributed by atoms with van der Waals surface area (Å²) < 4.78 is 0. The Morgan fingerprint density at radius 1 is 1.42 bits per heavy atom. The van der Waals surface area contributed by atoms with Gasteiger partial charge in [-0.3, -0.25) is 15.4 Å². The molecule has 3 rings (SSSR count). The third kappa shape index (κ3) is 3.47. The molecule has 2 aliphatic rings. The van der Waals surface area contributed by atoms with Crippen LogP contribution in [0.1, 0.15) is 39.2 Å². The topological polar surface area (TPSA) is 70.4 Å². The molecule has 2 heterocycles. The predicted molar refractivity (Wildman–Crippen MR) is 98.2 cm³/mol. The van der Waals surface area contributed by atoms with Gasteiger partial charge in [0, 0.05) is 18.3 Å². The molecule has 5 heteroatoms. The van der Waals surface area contributed by atoms with Crippen LogP contribution < -0.4 is 16.4 Å². The first-order valence-electron chi connectivity index (χ1n) is 8.81. The van der Waals surface area contributed by atoms with E-state index in [0.29, 0.717) is 12.0 Å². The standard InChI is InChI=1S/C19H28N4O/c1-13(2)12-23-14(3)8-9-17(23)18(24)22-19(20)11-10-15-6-4-5-7-16(15)21-19/h4-7,10-11,13-14,17,21H,8-9,12,20H2,1-3H3,(H,22,24). The zero-order chi connectivity index (χ0) is 17.3. The maximum Gasteiger partial charge on any atom is 0.240 e. The van der Waals surface area contributed by atoms with Crippen LogP contribution in [0.2, 0.25) is 0 Å². The molecule has 0 radical (unpaired) electrons. The van der Waals surface area contributed by atoms with Gasteiger partial charge >= 0.3 is 0 Å². The summed E-state index contributed by atoms with van der Waals surface area (Å²) >= 11 is 0. The zero-order valence-electron chi connectivity index (χ0n) is 14.8. The third-order valence-electron chi connectivity index (χ3n) is 4.86. The highest BCUT2D eigenvalue weighted by molar-refractivity contribution is 5.84. The molecular weight excluding hydrogens is 300 g/mol. The van der Waals surface area contributed by atoms with E-state index in [2.05, 4.69) is 36.3 Å². The summed E-state index contributed by atoms with van der Waals surface area (Å²) in [5.74, 6) is -0.507. The number of para-hydroxylation sites is 1. The van der Waals surface area contributed by atoms with Gasteiger partial charge in [0.25, 0.3) is 0 Å². The zero-order valence-corrected chi connectivity index (χ0v) is 14.8. The lowest BCUT2D eigenvalue weighted by molar-refractivity contribution is -0.127. The Morgan fingerprint density at radius 3 is 2.92 bits per heavy atom. The van der Waals surface area contributed by atoms with Gasteiger partial charge in [0.05, 0.1) is 6.04 Å². The Balaban J connectivity index is 1.71. The molecule has 0 aromatic heterocycles. The van der Waals surface area contributed by atoms with E-state index >= 15 is 0 Å². The van der Waals surface area contributed by atoms with Crippen molar-refractivity contribution in [3.63, 3.8) is 0 Å². The number of benzene rings is 1. The van der Waals surface area contributed by atoms with Gasteiger partial charge < -0.3 is 10.6 Å². The lowest BCUT2D eigenvalue weighted by Gasteiger charge is -2.36. The maximum absolute atomic E-state index is 12.9. The molecule has 5 nitrogen and oxygen atoms in total. The Bertz CT molecular complexity index is 642. The Kier molecular flexibility index (Phi) is 4.65. The fourth-order valence-corrected chi connectivity index (χ4v) is 3.65. The van der Waals surface area contributed by atoms with Crippen molar-refractivity contribution in [3.05, 3.63) is 35.9 Å². The minimum absolute atomic E-state index is 0.000897. The van der Waals surface area contributed by atoms with Crippen molar-refractivity contribution in [3.8, 4) is 0 Å². The Morgan fingerprint density at radius 2 is 2.17 bits per heavy atom. The molecular formula is C19H28N4O. The lowest BCUT2D eigenvalue weighted by Crippen LogP contribution is -2.63. The average Bonchev–Trinajstić information content (AvgIpc) is 2.87. The minimum Gasteiger partial charge on any atom is -0.347 e. The number of rotatable bonds is 4. The van der Waals surface area contributed by atoms with E-state index in [9.17, 15) is 4.79 Å². The van der Waals surface area contributed by atoms with E-state index in [1.807, 2.05) is 36.4 Å². The van der Waals surface area contributed by atoms with E-state index in [0.717, 1.165) is 30.6 Å².